The Morgan fingerprint density at radius 3 is 2.58 bits per heavy atom. The second-order valence-electron chi connectivity index (χ2n) is 7.20. The molecule has 2 heterocycles. The van der Waals surface area contributed by atoms with E-state index in [9.17, 15) is 9.59 Å². The van der Waals surface area contributed by atoms with Gasteiger partial charge in [-0.05, 0) is 30.9 Å². The molecule has 0 saturated heterocycles. The van der Waals surface area contributed by atoms with Gasteiger partial charge in [0.1, 0.15) is 17.4 Å². The standard InChI is InChI=1S/C23H22N4O3S/c1-15-3-7-17(8-4-15)21-20-22(30-26-21)25-14-27(23(20)29)12-11-19(28)24-13-16-5-9-18(31-2)10-6-16/h3-10,14H,11-13H2,1-2H3,(H,24,28). The van der Waals surface area contributed by atoms with Crippen LogP contribution in [0.2, 0.25) is 0 Å². The van der Waals surface area contributed by atoms with E-state index in [-0.39, 0.29) is 30.1 Å². The predicted octanol–water partition coefficient (Wildman–Crippen LogP) is 3.79. The number of amides is 1. The fraction of sp³-hybridized carbons (Fsp3) is 0.217. The van der Waals surface area contributed by atoms with Gasteiger partial charge in [-0.15, -0.1) is 11.8 Å². The number of thioether (sulfide) groups is 1. The molecule has 0 bridgehead atoms. The van der Waals surface area contributed by atoms with Crippen LogP contribution in [-0.4, -0.2) is 26.9 Å². The smallest absolute Gasteiger partial charge is 0.266 e. The molecule has 0 atom stereocenters. The highest BCUT2D eigenvalue weighted by Crippen LogP contribution is 2.24. The van der Waals surface area contributed by atoms with Crippen LogP contribution in [0.25, 0.3) is 22.4 Å². The molecule has 0 unspecified atom stereocenters. The minimum atomic E-state index is -0.276. The average molecular weight is 435 g/mol. The molecule has 0 radical (unpaired) electrons. The number of carbonyl (C=O) groups excluding carboxylic acids is 1. The second-order valence-corrected chi connectivity index (χ2v) is 8.07. The molecule has 2 aromatic heterocycles. The van der Waals surface area contributed by atoms with Crippen LogP contribution in [0.4, 0.5) is 0 Å². The monoisotopic (exact) mass is 434 g/mol. The topological polar surface area (TPSA) is 90.0 Å². The van der Waals surface area contributed by atoms with Crippen molar-refractivity contribution in [1.82, 2.24) is 20.0 Å². The molecule has 0 aliphatic rings. The van der Waals surface area contributed by atoms with Crippen molar-refractivity contribution in [2.45, 2.75) is 31.3 Å². The summed E-state index contributed by atoms with van der Waals surface area (Å²) in [6, 6.07) is 15.7. The molecular formula is C23H22N4O3S. The number of hydrogen-bond acceptors (Lipinski definition) is 6. The number of nitrogens with one attached hydrogen (secondary N) is 1. The molecule has 1 amide bonds. The Bertz CT molecular complexity index is 1260. The Balaban J connectivity index is 1.45. The van der Waals surface area contributed by atoms with Gasteiger partial charge in [0.15, 0.2) is 0 Å². The van der Waals surface area contributed by atoms with Gasteiger partial charge in [0.05, 0.1) is 0 Å². The predicted molar refractivity (Wildman–Crippen MR) is 121 cm³/mol. The molecule has 7 nitrogen and oxygen atoms in total. The van der Waals surface area contributed by atoms with Crippen molar-refractivity contribution in [3.63, 3.8) is 0 Å². The minimum absolute atomic E-state index is 0.134. The van der Waals surface area contributed by atoms with Gasteiger partial charge in [-0.25, -0.2) is 4.98 Å². The van der Waals surface area contributed by atoms with Crippen LogP contribution in [0.15, 0.2) is 69.1 Å². The zero-order valence-corrected chi connectivity index (χ0v) is 18.1. The number of aromatic nitrogens is 3. The molecule has 0 aliphatic heterocycles. The fourth-order valence-electron chi connectivity index (χ4n) is 3.20. The van der Waals surface area contributed by atoms with Crippen molar-refractivity contribution in [2.24, 2.45) is 0 Å². The third-order valence-corrected chi connectivity index (χ3v) is 5.76. The summed E-state index contributed by atoms with van der Waals surface area (Å²) in [6.07, 6.45) is 3.58. The summed E-state index contributed by atoms with van der Waals surface area (Å²) in [6.45, 7) is 2.66. The average Bonchev–Trinajstić information content (AvgIpc) is 3.23. The van der Waals surface area contributed by atoms with Gasteiger partial charge in [-0.2, -0.15) is 0 Å². The summed E-state index contributed by atoms with van der Waals surface area (Å²) in [5, 5.41) is 7.24. The SMILES string of the molecule is CSc1ccc(CNC(=O)CCn2cnc3onc(-c4ccc(C)cc4)c3c2=O)cc1. The fourth-order valence-corrected chi connectivity index (χ4v) is 3.61. The summed E-state index contributed by atoms with van der Waals surface area (Å²) in [5.74, 6) is -0.134. The number of rotatable bonds is 7. The van der Waals surface area contributed by atoms with Crippen LogP contribution in [0.5, 0.6) is 0 Å². The largest absolute Gasteiger partial charge is 0.352 e. The molecule has 0 aliphatic carbocycles. The van der Waals surface area contributed by atoms with E-state index in [4.69, 9.17) is 4.52 Å². The van der Waals surface area contributed by atoms with Gasteiger partial charge >= 0.3 is 0 Å². The zero-order chi connectivity index (χ0) is 21.8. The molecular weight excluding hydrogens is 412 g/mol. The number of hydrogen-bond donors (Lipinski definition) is 1. The van der Waals surface area contributed by atoms with Crippen LogP contribution in [0.3, 0.4) is 0 Å². The van der Waals surface area contributed by atoms with Crippen molar-refractivity contribution in [1.29, 1.82) is 0 Å². The molecule has 0 spiro atoms. The highest BCUT2D eigenvalue weighted by atomic mass is 32.2. The quantitative estimate of drug-likeness (QED) is 0.445. The van der Waals surface area contributed by atoms with Crippen LogP contribution in [-0.2, 0) is 17.9 Å². The second kappa shape index (κ2) is 9.18. The number of benzene rings is 2. The van der Waals surface area contributed by atoms with Crippen molar-refractivity contribution in [3.05, 3.63) is 76.3 Å². The maximum atomic E-state index is 13.0. The van der Waals surface area contributed by atoms with E-state index in [0.29, 0.717) is 17.6 Å². The van der Waals surface area contributed by atoms with Gasteiger partial charge in [0, 0.05) is 30.0 Å². The van der Waals surface area contributed by atoms with E-state index in [1.54, 1.807) is 11.8 Å². The van der Waals surface area contributed by atoms with Gasteiger partial charge in [-0.3, -0.25) is 14.2 Å². The first-order chi connectivity index (χ1) is 15.0. The molecule has 158 valence electrons. The summed E-state index contributed by atoms with van der Waals surface area (Å²) in [5.41, 5.74) is 3.29. The van der Waals surface area contributed by atoms with Gasteiger partial charge in [0.2, 0.25) is 5.91 Å². The highest BCUT2D eigenvalue weighted by molar-refractivity contribution is 7.98. The van der Waals surface area contributed by atoms with E-state index in [2.05, 4.69) is 15.5 Å². The molecule has 0 fully saturated rings. The third kappa shape index (κ3) is 4.69. The van der Waals surface area contributed by atoms with Crippen LogP contribution in [0.1, 0.15) is 17.5 Å². The zero-order valence-electron chi connectivity index (χ0n) is 17.3. The van der Waals surface area contributed by atoms with Gasteiger partial charge in [0.25, 0.3) is 11.3 Å². The van der Waals surface area contributed by atoms with Crippen LogP contribution >= 0.6 is 11.8 Å². The highest BCUT2D eigenvalue weighted by Gasteiger charge is 2.17. The normalized spacial score (nSPS) is 11.0. The maximum Gasteiger partial charge on any atom is 0.266 e. The lowest BCUT2D eigenvalue weighted by Gasteiger charge is -2.07. The van der Waals surface area contributed by atoms with E-state index in [1.165, 1.54) is 15.8 Å². The van der Waals surface area contributed by atoms with Crippen LogP contribution in [0, 0.1) is 6.92 Å². The van der Waals surface area contributed by atoms with Gasteiger partial charge < -0.3 is 9.84 Å². The lowest BCUT2D eigenvalue weighted by atomic mass is 10.1. The summed E-state index contributed by atoms with van der Waals surface area (Å²) < 4.78 is 6.66. The molecule has 4 rings (SSSR count). The van der Waals surface area contributed by atoms with Crippen molar-refractivity contribution >= 4 is 28.8 Å². The van der Waals surface area contributed by atoms with Crippen molar-refractivity contribution in [3.8, 4) is 11.3 Å². The lowest BCUT2D eigenvalue weighted by Crippen LogP contribution is -2.27. The Morgan fingerprint density at radius 2 is 1.87 bits per heavy atom. The lowest BCUT2D eigenvalue weighted by molar-refractivity contribution is -0.121. The Kier molecular flexibility index (Phi) is 6.18. The first-order valence-corrected chi connectivity index (χ1v) is 11.1. The molecule has 2 aromatic carbocycles. The Hall–Kier alpha value is -3.39. The third-order valence-electron chi connectivity index (χ3n) is 5.02. The van der Waals surface area contributed by atoms with Gasteiger partial charge in [-0.1, -0.05) is 47.1 Å². The first-order valence-electron chi connectivity index (χ1n) is 9.86. The molecule has 1 N–H and O–H groups in total. The van der Waals surface area contributed by atoms with E-state index in [0.717, 1.165) is 16.7 Å². The number of fused-ring (bicyclic) bond motifs is 1. The van der Waals surface area contributed by atoms with E-state index >= 15 is 0 Å². The van der Waals surface area contributed by atoms with E-state index < -0.39 is 0 Å². The Morgan fingerprint density at radius 1 is 1.13 bits per heavy atom. The summed E-state index contributed by atoms with van der Waals surface area (Å²) >= 11 is 1.67. The number of aryl methyl sites for hydroxylation is 2. The van der Waals surface area contributed by atoms with Crippen molar-refractivity contribution in [2.75, 3.05) is 6.26 Å². The summed E-state index contributed by atoms with van der Waals surface area (Å²) in [7, 11) is 0. The maximum absolute atomic E-state index is 13.0. The van der Waals surface area contributed by atoms with Crippen LogP contribution < -0.4 is 10.9 Å². The number of carbonyl (C=O) groups is 1. The molecule has 8 heteroatoms. The molecule has 31 heavy (non-hydrogen) atoms. The minimum Gasteiger partial charge on any atom is -0.352 e. The molecule has 4 aromatic rings. The summed E-state index contributed by atoms with van der Waals surface area (Å²) in [4.78, 5) is 30.6. The Labute approximate surface area is 183 Å². The van der Waals surface area contributed by atoms with Crippen molar-refractivity contribution < 1.29 is 9.32 Å². The number of nitrogens with zero attached hydrogens (tertiary/aromatic N) is 3. The molecule has 0 saturated carbocycles. The first kappa shape index (κ1) is 20.9. The van der Waals surface area contributed by atoms with E-state index in [1.807, 2.05) is 61.7 Å².